The molecule has 0 aliphatic heterocycles. The van der Waals surface area contributed by atoms with Crippen LogP contribution >= 0.6 is 0 Å². The minimum absolute atomic E-state index is 0.0388. The van der Waals surface area contributed by atoms with Crippen molar-refractivity contribution in [3.8, 4) is 11.1 Å². The van der Waals surface area contributed by atoms with Crippen LogP contribution in [-0.4, -0.2) is 49.7 Å². The van der Waals surface area contributed by atoms with Crippen LogP contribution in [0.1, 0.15) is 49.3 Å². The maximum Gasteiger partial charge on any atom is 0.410 e. The van der Waals surface area contributed by atoms with Crippen molar-refractivity contribution in [1.82, 2.24) is 4.90 Å². The lowest BCUT2D eigenvalue weighted by Gasteiger charge is -2.28. The van der Waals surface area contributed by atoms with Crippen LogP contribution in [0.25, 0.3) is 11.1 Å². The number of carbonyl (C=O) groups excluding carboxylic acids is 3. The molecule has 0 fully saturated rings. The van der Waals surface area contributed by atoms with Crippen LogP contribution in [0.15, 0.2) is 78.9 Å². The molecule has 0 radical (unpaired) electrons. The lowest BCUT2D eigenvalue weighted by Crippen LogP contribution is -2.44. The summed E-state index contributed by atoms with van der Waals surface area (Å²) in [6, 6.07) is 24.5. The molecule has 0 N–H and O–H groups in total. The van der Waals surface area contributed by atoms with Gasteiger partial charge in [0.1, 0.15) is 18.2 Å². The van der Waals surface area contributed by atoms with Gasteiger partial charge in [0, 0.05) is 19.4 Å². The number of hydrogen-bond donors (Lipinski definition) is 0. The van der Waals surface area contributed by atoms with E-state index >= 15 is 0 Å². The van der Waals surface area contributed by atoms with Gasteiger partial charge in [-0.15, -0.1) is 0 Å². The predicted octanol–water partition coefficient (Wildman–Crippen LogP) is 5.67. The average molecular weight is 516 g/mol. The fourth-order valence-electron chi connectivity index (χ4n) is 4.92. The van der Waals surface area contributed by atoms with Gasteiger partial charge in [-0.3, -0.25) is 9.69 Å². The Morgan fingerprint density at radius 2 is 1.42 bits per heavy atom. The van der Waals surface area contributed by atoms with Crippen LogP contribution in [0, 0.1) is 0 Å². The SMILES string of the molecule is COC(=O)[C@H](CCC(=O)OC(C)(C)c1ccccc1)N(C)C(=O)OCC1c2ccccc2-c2ccccc21. The number of hydrogen-bond acceptors (Lipinski definition) is 6. The van der Waals surface area contributed by atoms with Gasteiger partial charge in [0.25, 0.3) is 0 Å². The molecule has 1 aliphatic rings. The highest BCUT2D eigenvalue weighted by atomic mass is 16.6. The van der Waals surface area contributed by atoms with Crippen molar-refractivity contribution in [1.29, 1.82) is 0 Å². The lowest BCUT2D eigenvalue weighted by atomic mass is 9.98. The van der Waals surface area contributed by atoms with Gasteiger partial charge in [-0.2, -0.15) is 0 Å². The highest BCUT2D eigenvalue weighted by Crippen LogP contribution is 2.44. The molecule has 1 amide bonds. The second kappa shape index (κ2) is 11.5. The third-order valence-electron chi connectivity index (χ3n) is 7.02. The van der Waals surface area contributed by atoms with Gasteiger partial charge in [-0.25, -0.2) is 9.59 Å². The number of amides is 1. The van der Waals surface area contributed by atoms with Gasteiger partial charge < -0.3 is 14.2 Å². The highest BCUT2D eigenvalue weighted by molar-refractivity contribution is 5.82. The lowest BCUT2D eigenvalue weighted by molar-refractivity contribution is -0.158. The van der Waals surface area contributed by atoms with Gasteiger partial charge in [-0.05, 0) is 48.1 Å². The molecule has 0 unspecified atom stereocenters. The van der Waals surface area contributed by atoms with Crippen molar-refractivity contribution in [3.05, 3.63) is 95.6 Å². The monoisotopic (exact) mass is 515 g/mol. The van der Waals surface area contributed by atoms with Crippen LogP contribution in [0.5, 0.6) is 0 Å². The number of benzene rings is 3. The van der Waals surface area contributed by atoms with Gasteiger partial charge in [0.15, 0.2) is 0 Å². The molecule has 0 heterocycles. The Morgan fingerprint density at radius 1 is 0.868 bits per heavy atom. The van der Waals surface area contributed by atoms with E-state index in [-0.39, 0.29) is 25.4 Å². The molecule has 198 valence electrons. The van der Waals surface area contributed by atoms with Crippen LogP contribution < -0.4 is 0 Å². The molecule has 1 atom stereocenters. The Kier molecular flexibility index (Phi) is 8.15. The average Bonchev–Trinajstić information content (AvgIpc) is 3.25. The fourth-order valence-corrected chi connectivity index (χ4v) is 4.92. The highest BCUT2D eigenvalue weighted by Gasteiger charge is 2.33. The van der Waals surface area contributed by atoms with Crippen LogP contribution in [-0.2, 0) is 29.4 Å². The van der Waals surface area contributed by atoms with E-state index in [2.05, 4.69) is 12.1 Å². The Balaban J connectivity index is 1.38. The van der Waals surface area contributed by atoms with E-state index in [1.807, 2.05) is 66.7 Å². The first-order valence-corrected chi connectivity index (χ1v) is 12.7. The zero-order valence-corrected chi connectivity index (χ0v) is 22.2. The number of carbonyl (C=O) groups is 3. The first-order valence-electron chi connectivity index (χ1n) is 12.7. The number of likely N-dealkylation sites (N-methyl/N-ethyl adjacent to an activating group) is 1. The maximum absolute atomic E-state index is 13.0. The van der Waals surface area contributed by atoms with E-state index in [4.69, 9.17) is 14.2 Å². The van der Waals surface area contributed by atoms with Crippen molar-refractivity contribution in [2.24, 2.45) is 0 Å². The Hall–Kier alpha value is -4.13. The Bertz CT molecular complexity index is 1260. The molecule has 4 rings (SSSR count). The molecule has 0 spiro atoms. The summed E-state index contributed by atoms with van der Waals surface area (Å²) in [4.78, 5) is 39.4. The number of methoxy groups -OCH3 is 1. The zero-order valence-electron chi connectivity index (χ0n) is 22.2. The minimum atomic E-state index is -0.997. The van der Waals surface area contributed by atoms with Gasteiger partial charge >= 0.3 is 18.0 Å². The van der Waals surface area contributed by atoms with Crippen LogP contribution in [0.3, 0.4) is 0 Å². The van der Waals surface area contributed by atoms with E-state index in [9.17, 15) is 14.4 Å². The summed E-state index contributed by atoms with van der Waals surface area (Å²) in [5.74, 6) is -1.21. The first-order chi connectivity index (χ1) is 18.2. The summed E-state index contributed by atoms with van der Waals surface area (Å²) in [7, 11) is 2.72. The number of nitrogens with zero attached hydrogens (tertiary/aromatic N) is 1. The second-order valence-electron chi connectivity index (χ2n) is 9.84. The molecule has 38 heavy (non-hydrogen) atoms. The van der Waals surface area contributed by atoms with Crippen LogP contribution in [0.2, 0.25) is 0 Å². The van der Waals surface area contributed by atoms with E-state index in [1.54, 1.807) is 13.8 Å². The predicted molar refractivity (Wildman–Crippen MR) is 143 cm³/mol. The summed E-state index contributed by atoms with van der Waals surface area (Å²) in [5.41, 5.74) is 4.46. The molecular formula is C31H33NO6. The molecule has 0 bridgehead atoms. The number of ether oxygens (including phenoxy) is 3. The van der Waals surface area contributed by atoms with Crippen molar-refractivity contribution in [3.63, 3.8) is 0 Å². The topological polar surface area (TPSA) is 82.1 Å². The van der Waals surface area contributed by atoms with Gasteiger partial charge in [-0.1, -0.05) is 78.9 Å². The molecule has 3 aromatic carbocycles. The third kappa shape index (κ3) is 5.72. The molecule has 7 nitrogen and oxygen atoms in total. The largest absolute Gasteiger partial charge is 0.467 e. The summed E-state index contributed by atoms with van der Waals surface area (Å²) in [5, 5.41) is 0. The van der Waals surface area contributed by atoms with Crippen molar-refractivity contribution < 1.29 is 28.6 Å². The molecule has 0 saturated carbocycles. The van der Waals surface area contributed by atoms with Crippen molar-refractivity contribution in [2.75, 3.05) is 20.8 Å². The molecule has 0 aromatic heterocycles. The molecule has 1 aliphatic carbocycles. The standard InChI is InChI=1S/C31H33NO6/c1-31(2,21-12-6-5-7-13-21)38-28(33)19-18-27(29(34)36-4)32(3)30(35)37-20-26-24-16-10-8-14-22(24)23-15-9-11-17-25(23)26/h5-17,26-27H,18-20H2,1-4H3/t27-/m0/s1. The quantitative estimate of drug-likeness (QED) is 0.270. The van der Waals surface area contributed by atoms with E-state index < -0.39 is 29.7 Å². The summed E-state index contributed by atoms with van der Waals surface area (Å²) in [6.45, 7) is 3.74. The molecule has 3 aromatic rings. The van der Waals surface area contributed by atoms with E-state index in [0.717, 1.165) is 27.8 Å². The molecule has 7 heteroatoms. The molecule has 0 saturated heterocycles. The number of esters is 2. The first kappa shape index (κ1) is 26.9. The number of fused-ring (bicyclic) bond motifs is 3. The van der Waals surface area contributed by atoms with Gasteiger partial charge in [0.05, 0.1) is 7.11 Å². The summed E-state index contributed by atoms with van der Waals surface area (Å²) >= 11 is 0. The van der Waals surface area contributed by atoms with E-state index in [0.29, 0.717) is 0 Å². The third-order valence-corrected chi connectivity index (χ3v) is 7.02. The number of rotatable bonds is 9. The Labute approximate surface area is 223 Å². The fraction of sp³-hybridized carbons (Fsp3) is 0.323. The smallest absolute Gasteiger partial charge is 0.410 e. The minimum Gasteiger partial charge on any atom is -0.467 e. The second-order valence-corrected chi connectivity index (χ2v) is 9.84. The maximum atomic E-state index is 13.0. The molecular weight excluding hydrogens is 482 g/mol. The van der Waals surface area contributed by atoms with Gasteiger partial charge in [0.2, 0.25) is 0 Å². The van der Waals surface area contributed by atoms with E-state index in [1.165, 1.54) is 19.1 Å². The van der Waals surface area contributed by atoms with Crippen LogP contribution in [0.4, 0.5) is 4.79 Å². The summed E-state index contributed by atoms with van der Waals surface area (Å²) in [6.07, 6.45) is -0.700. The normalized spacial score (nSPS) is 13.2. The van der Waals surface area contributed by atoms with Crippen molar-refractivity contribution in [2.45, 2.75) is 44.2 Å². The Morgan fingerprint density at radius 3 is 2.00 bits per heavy atom. The zero-order chi connectivity index (χ0) is 27.3. The van der Waals surface area contributed by atoms with Crippen molar-refractivity contribution >= 4 is 18.0 Å². The summed E-state index contributed by atoms with van der Waals surface area (Å²) < 4.78 is 16.3.